The Kier molecular flexibility index (Phi) is 7.86. The number of ether oxygens (including phenoxy) is 1. The van der Waals surface area contributed by atoms with Gasteiger partial charge in [0, 0.05) is 24.5 Å². The number of amides is 3. The molecule has 4 rings (SSSR count). The molecule has 3 unspecified atom stereocenters. The lowest BCUT2D eigenvalue weighted by molar-refractivity contribution is -0.140. The molecule has 3 N–H and O–H groups in total. The number of benzene rings is 1. The van der Waals surface area contributed by atoms with Crippen LogP contribution in [0.1, 0.15) is 39.0 Å². The maximum atomic E-state index is 13.8. The molecular formula is C24H31BrClN3O5. The van der Waals surface area contributed by atoms with Crippen LogP contribution in [-0.2, 0) is 19.1 Å². The molecule has 0 aliphatic carbocycles. The highest BCUT2D eigenvalue weighted by Gasteiger charge is 2.76. The van der Waals surface area contributed by atoms with E-state index in [1.165, 1.54) is 0 Å². The predicted octanol–water partition coefficient (Wildman–Crippen LogP) is 2.72. The van der Waals surface area contributed by atoms with Gasteiger partial charge in [-0.05, 0) is 44.2 Å². The van der Waals surface area contributed by atoms with E-state index < -0.39 is 29.6 Å². The first-order valence-corrected chi connectivity index (χ1v) is 13.2. The van der Waals surface area contributed by atoms with Crippen molar-refractivity contribution in [2.45, 2.75) is 61.6 Å². The molecule has 1 aromatic carbocycles. The first-order chi connectivity index (χ1) is 16.4. The van der Waals surface area contributed by atoms with Crippen LogP contribution in [0.25, 0.3) is 0 Å². The van der Waals surface area contributed by atoms with Crippen molar-refractivity contribution in [1.82, 2.24) is 10.2 Å². The molecule has 34 heavy (non-hydrogen) atoms. The second-order valence-electron chi connectivity index (χ2n) is 9.24. The Labute approximate surface area is 212 Å². The number of hydrogen-bond donors (Lipinski definition) is 3. The number of para-hydroxylation sites is 1. The molecule has 2 bridgehead atoms. The topological polar surface area (TPSA) is 108 Å². The number of hydrogen-bond acceptors (Lipinski definition) is 5. The molecule has 3 amide bonds. The van der Waals surface area contributed by atoms with Crippen LogP contribution >= 0.6 is 27.5 Å². The maximum Gasteiger partial charge on any atom is 0.250 e. The third-order valence-corrected chi connectivity index (χ3v) is 8.25. The number of nitrogens with one attached hydrogen (secondary N) is 2. The van der Waals surface area contributed by atoms with Crippen molar-refractivity contribution in [3.05, 3.63) is 29.3 Å². The average molecular weight is 557 g/mol. The summed E-state index contributed by atoms with van der Waals surface area (Å²) in [5.74, 6) is -2.18. The van der Waals surface area contributed by atoms with Gasteiger partial charge in [0.2, 0.25) is 17.7 Å². The van der Waals surface area contributed by atoms with E-state index in [-0.39, 0.29) is 29.2 Å². The van der Waals surface area contributed by atoms with E-state index in [1.54, 1.807) is 29.2 Å². The molecule has 0 radical (unpaired) electrons. The first-order valence-electron chi connectivity index (χ1n) is 11.9. The minimum atomic E-state index is -1.09. The van der Waals surface area contributed by atoms with Gasteiger partial charge < -0.3 is 25.4 Å². The predicted molar refractivity (Wildman–Crippen MR) is 132 cm³/mol. The van der Waals surface area contributed by atoms with Gasteiger partial charge in [-0.15, -0.1) is 0 Å². The molecule has 3 heterocycles. The summed E-state index contributed by atoms with van der Waals surface area (Å²) in [4.78, 5) is 42.0. The molecule has 10 heteroatoms. The number of aliphatic hydroxyl groups is 1. The number of rotatable bonds is 10. The minimum absolute atomic E-state index is 0.0761. The zero-order valence-corrected chi connectivity index (χ0v) is 21.5. The maximum absolute atomic E-state index is 13.8. The number of anilines is 1. The summed E-state index contributed by atoms with van der Waals surface area (Å²) < 4.78 is 6.44. The summed E-state index contributed by atoms with van der Waals surface area (Å²) in [5, 5.41) is 15.3. The number of likely N-dealkylation sites (tertiary alicyclic amines) is 1. The zero-order chi connectivity index (χ0) is 24.5. The fourth-order valence-corrected chi connectivity index (χ4v) is 6.80. The number of carbonyl (C=O) groups excluding carboxylic acids is 3. The lowest BCUT2D eigenvalue weighted by atomic mass is 9.70. The van der Waals surface area contributed by atoms with Crippen LogP contribution in [0.5, 0.6) is 0 Å². The Hall–Kier alpha value is -1.68. The normalized spacial score (nSPS) is 31.6. The summed E-state index contributed by atoms with van der Waals surface area (Å²) in [5.41, 5.74) is -0.631. The van der Waals surface area contributed by atoms with Gasteiger partial charge in [0.15, 0.2) is 0 Å². The number of halogens is 2. The van der Waals surface area contributed by atoms with Crippen LogP contribution in [0, 0.1) is 11.8 Å². The smallest absolute Gasteiger partial charge is 0.250 e. The number of nitrogens with zero attached hydrogens (tertiary/aromatic N) is 1. The van der Waals surface area contributed by atoms with Gasteiger partial charge >= 0.3 is 0 Å². The van der Waals surface area contributed by atoms with Crippen molar-refractivity contribution in [2.75, 3.05) is 25.0 Å². The Morgan fingerprint density at radius 3 is 2.74 bits per heavy atom. The van der Waals surface area contributed by atoms with Crippen molar-refractivity contribution < 1.29 is 24.2 Å². The fraction of sp³-hybridized carbons (Fsp3) is 0.625. The summed E-state index contributed by atoms with van der Waals surface area (Å²) in [6.45, 7) is 2.91. The van der Waals surface area contributed by atoms with E-state index in [4.69, 9.17) is 21.4 Å². The summed E-state index contributed by atoms with van der Waals surface area (Å²) in [6, 6.07) is 6.05. The second-order valence-corrected chi connectivity index (χ2v) is 10.8. The van der Waals surface area contributed by atoms with E-state index in [9.17, 15) is 14.4 Å². The molecule has 3 aliphatic rings. The van der Waals surface area contributed by atoms with Crippen LogP contribution in [0.4, 0.5) is 5.69 Å². The second kappa shape index (κ2) is 10.5. The first kappa shape index (κ1) is 25.4. The Morgan fingerprint density at radius 1 is 1.26 bits per heavy atom. The number of aliphatic hydroxyl groups excluding tert-OH is 1. The van der Waals surface area contributed by atoms with Crippen molar-refractivity contribution in [3.63, 3.8) is 0 Å². The average Bonchev–Trinajstić information content (AvgIpc) is 3.40. The van der Waals surface area contributed by atoms with Crippen LogP contribution in [0.15, 0.2) is 24.3 Å². The van der Waals surface area contributed by atoms with Gasteiger partial charge in [-0.1, -0.05) is 46.6 Å². The van der Waals surface area contributed by atoms with Crippen LogP contribution < -0.4 is 10.6 Å². The van der Waals surface area contributed by atoms with Gasteiger partial charge in [-0.3, -0.25) is 14.4 Å². The largest absolute Gasteiger partial charge is 0.396 e. The van der Waals surface area contributed by atoms with Gasteiger partial charge in [0.25, 0.3) is 0 Å². The number of alkyl halides is 1. The third kappa shape index (κ3) is 4.36. The highest BCUT2D eigenvalue weighted by molar-refractivity contribution is 9.09. The summed E-state index contributed by atoms with van der Waals surface area (Å²) in [6.07, 6.45) is 2.75. The molecule has 1 aromatic rings. The quantitative estimate of drug-likeness (QED) is 0.303. The molecule has 3 aliphatic heterocycles. The van der Waals surface area contributed by atoms with E-state index in [2.05, 4.69) is 26.6 Å². The van der Waals surface area contributed by atoms with E-state index in [0.717, 1.165) is 12.8 Å². The fourth-order valence-electron chi connectivity index (χ4n) is 5.67. The van der Waals surface area contributed by atoms with Crippen molar-refractivity contribution in [3.8, 4) is 0 Å². The lowest BCUT2D eigenvalue weighted by Gasteiger charge is -2.34. The number of carbonyl (C=O) groups is 3. The van der Waals surface area contributed by atoms with Gasteiger partial charge in [0.05, 0.1) is 28.6 Å². The van der Waals surface area contributed by atoms with Gasteiger partial charge in [-0.2, -0.15) is 0 Å². The Bertz CT molecular complexity index is 949. The van der Waals surface area contributed by atoms with Gasteiger partial charge in [0.1, 0.15) is 11.6 Å². The molecule has 3 saturated heterocycles. The standard InChI is InChI=1S/C24H31BrClN3O5/c1-2-10-27-21(31)17-18-23(33)29(11-6-3-7-12-30)20(24(18)13-14(25)19(17)34-24)22(32)28-16-9-5-4-8-15(16)26/h4-5,8-9,14,17-20,30H,2-3,6-7,10-13H2,1H3,(H,27,31)(H,28,32)/t14?,17-,18-,19-,20?,24?/m0/s1. The number of fused-ring (bicyclic) bond motifs is 1. The molecule has 8 nitrogen and oxygen atoms in total. The molecular weight excluding hydrogens is 526 g/mol. The van der Waals surface area contributed by atoms with Crippen molar-refractivity contribution in [2.24, 2.45) is 11.8 Å². The van der Waals surface area contributed by atoms with E-state index in [1.807, 2.05) is 6.92 Å². The molecule has 186 valence electrons. The molecule has 6 atom stereocenters. The van der Waals surface area contributed by atoms with Crippen molar-refractivity contribution >= 4 is 50.9 Å². The molecule has 1 spiro atoms. The number of unbranched alkanes of at least 4 members (excludes halogenated alkanes) is 2. The van der Waals surface area contributed by atoms with Gasteiger partial charge in [-0.25, -0.2) is 0 Å². The van der Waals surface area contributed by atoms with Crippen LogP contribution in [0.3, 0.4) is 0 Å². The van der Waals surface area contributed by atoms with Crippen LogP contribution in [0.2, 0.25) is 5.02 Å². The third-order valence-electron chi connectivity index (χ3n) is 7.08. The van der Waals surface area contributed by atoms with E-state index >= 15 is 0 Å². The van der Waals surface area contributed by atoms with Crippen LogP contribution in [-0.4, -0.2) is 70.0 Å². The summed E-state index contributed by atoms with van der Waals surface area (Å²) >= 11 is 9.93. The monoisotopic (exact) mass is 555 g/mol. The lowest BCUT2D eigenvalue weighted by Crippen LogP contribution is -2.54. The molecule has 3 fully saturated rings. The highest BCUT2D eigenvalue weighted by Crippen LogP contribution is 2.60. The highest BCUT2D eigenvalue weighted by atomic mass is 79.9. The Morgan fingerprint density at radius 2 is 2.03 bits per heavy atom. The van der Waals surface area contributed by atoms with E-state index in [0.29, 0.717) is 43.1 Å². The minimum Gasteiger partial charge on any atom is -0.396 e. The Balaban J connectivity index is 1.67. The van der Waals surface area contributed by atoms with Crippen molar-refractivity contribution in [1.29, 1.82) is 0 Å². The zero-order valence-electron chi connectivity index (χ0n) is 19.1. The molecule has 0 aromatic heterocycles. The SMILES string of the molecule is CCCNC(=O)[C@H]1[C@H]2C(=O)N(CCCCCO)C(C(=O)Nc3ccccc3Cl)C23CC(Br)[C@@H]1O3. The molecule has 0 saturated carbocycles. The summed E-state index contributed by atoms with van der Waals surface area (Å²) in [7, 11) is 0.